The van der Waals surface area contributed by atoms with Crippen LogP contribution >= 0.6 is 22.6 Å². The lowest BCUT2D eigenvalue weighted by Gasteiger charge is -2.38. The predicted octanol–water partition coefficient (Wildman–Crippen LogP) is 3.68. The van der Waals surface area contributed by atoms with Gasteiger partial charge < -0.3 is 20.1 Å². The number of amides is 2. The van der Waals surface area contributed by atoms with Crippen molar-refractivity contribution in [2.75, 3.05) is 0 Å². The third kappa shape index (κ3) is 7.94. The maximum Gasteiger partial charge on any atom is 0.407 e. The highest BCUT2D eigenvalue weighted by atomic mass is 127. The summed E-state index contributed by atoms with van der Waals surface area (Å²) in [5, 5.41) is 5.84. The standard InChI is InChI=1S/C18H31IN2O4/c1-7-13(8-2)24-15-10-12(19)9-14(16(15)20-11(3)22)21-17(23)25-18(4,5)6/h10,13-16H,7-9H2,1-6H3,(H,20,22)(H,21,23)/t14-,15+,16?/m0/s1. The molecule has 0 bridgehead atoms. The van der Waals surface area contributed by atoms with Gasteiger partial charge in [0.25, 0.3) is 0 Å². The maximum absolute atomic E-state index is 12.2. The fraction of sp³-hybridized carbons (Fsp3) is 0.778. The predicted molar refractivity (Wildman–Crippen MR) is 107 cm³/mol. The zero-order valence-corrected chi connectivity index (χ0v) is 18.2. The largest absolute Gasteiger partial charge is 0.444 e. The van der Waals surface area contributed by atoms with Crippen molar-refractivity contribution in [2.24, 2.45) is 0 Å². The Morgan fingerprint density at radius 3 is 2.36 bits per heavy atom. The van der Waals surface area contributed by atoms with Gasteiger partial charge in [-0.3, -0.25) is 4.79 Å². The second-order valence-electron chi connectivity index (χ2n) is 7.34. The van der Waals surface area contributed by atoms with Crippen LogP contribution in [0.5, 0.6) is 0 Å². The van der Waals surface area contributed by atoms with Gasteiger partial charge in [0.2, 0.25) is 5.91 Å². The van der Waals surface area contributed by atoms with Crippen molar-refractivity contribution in [2.45, 2.75) is 90.7 Å². The molecule has 0 heterocycles. The summed E-state index contributed by atoms with van der Waals surface area (Å²) in [6.45, 7) is 11.1. The van der Waals surface area contributed by atoms with Crippen molar-refractivity contribution in [3.05, 3.63) is 9.66 Å². The topological polar surface area (TPSA) is 76.7 Å². The van der Waals surface area contributed by atoms with Crippen LogP contribution in [-0.2, 0) is 14.3 Å². The third-order valence-corrected chi connectivity index (χ3v) is 4.68. The summed E-state index contributed by atoms with van der Waals surface area (Å²) in [6, 6.07) is -0.612. The molecule has 0 aliphatic heterocycles. The van der Waals surface area contributed by atoms with Gasteiger partial charge in [-0.05, 0) is 65.9 Å². The van der Waals surface area contributed by atoms with Crippen molar-refractivity contribution in [1.82, 2.24) is 10.6 Å². The number of rotatable bonds is 6. The highest BCUT2D eigenvalue weighted by Gasteiger charge is 2.37. The van der Waals surface area contributed by atoms with Crippen molar-refractivity contribution < 1.29 is 19.1 Å². The molecule has 0 aromatic rings. The number of alkyl carbamates (subject to hydrolysis) is 1. The molecule has 3 atom stereocenters. The molecule has 0 radical (unpaired) electrons. The van der Waals surface area contributed by atoms with Crippen LogP contribution in [0.2, 0.25) is 0 Å². The Balaban J connectivity index is 2.95. The quantitative estimate of drug-likeness (QED) is 0.586. The van der Waals surface area contributed by atoms with Crippen molar-refractivity contribution in [3.8, 4) is 0 Å². The minimum absolute atomic E-state index is 0.113. The van der Waals surface area contributed by atoms with Crippen LogP contribution in [-0.4, -0.2) is 41.9 Å². The zero-order chi connectivity index (χ0) is 19.2. The molecule has 0 saturated heterocycles. The molecule has 0 fully saturated rings. The van der Waals surface area contributed by atoms with Crippen LogP contribution in [0.4, 0.5) is 4.79 Å². The smallest absolute Gasteiger partial charge is 0.407 e. The van der Waals surface area contributed by atoms with E-state index in [4.69, 9.17) is 9.47 Å². The molecule has 1 rings (SSSR count). The van der Waals surface area contributed by atoms with E-state index in [1.165, 1.54) is 6.92 Å². The van der Waals surface area contributed by atoms with Crippen LogP contribution in [0.15, 0.2) is 9.66 Å². The Labute approximate surface area is 164 Å². The molecule has 2 N–H and O–H groups in total. The molecule has 144 valence electrons. The summed E-state index contributed by atoms with van der Waals surface area (Å²) in [4.78, 5) is 23.9. The molecule has 0 aromatic carbocycles. The summed E-state index contributed by atoms with van der Waals surface area (Å²) in [5.74, 6) is -0.149. The van der Waals surface area contributed by atoms with E-state index in [0.29, 0.717) is 6.42 Å². The van der Waals surface area contributed by atoms with Crippen LogP contribution in [0, 0.1) is 0 Å². The fourth-order valence-corrected chi connectivity index (χ4v) is 3.59. The van der Waals surface area contributed by atoms with Gasteiger partial charge in [0.15, 0.2) is 0 Å². The highest BCUT2D eigenvalue weighted by molar-refractivity contribution is 14.1. The lowest BCUT2D eigenvalue weighted by atomic mass is 9.92. The van der Waals surface area contributed by atoms with Crippen LogP contribution < -0.4 is 10.6 Å². The van der Waals surface area contributed by atoms with Crippen molar-refractivity contribution in [1.29, 1.82) is 0 Å². The van der Waals surface area contributed by atoms with E-state index in [1.54, 1.807) is 0 Å². The molecule has 6 nitrogen and oxygen atoms in total. The molecule has 0 saturated carbocycles. The van der Waals surface area contributed by atoms with E-state index in [-0.39, 0.29) is 30.2 Å². The summed E-state index contributed by atoms with van der Waals surface area (Å²) in [7, 11) is 0. The molecule has 1 aliphatic rings. The van der Waals surface area contributed by atoms with Gasteiger partial charge in [0.1, 0.15) is 5.60 Å². The van der Waals surface area contributed by atoms with E-state index >= 15 is 0 Å². The summed E-state index contributed by atoms with van der Waals surface area (Å²) in [5.41, 5.74) is -0.573. The van der Waals surface area contributed by atoms with Gasteiger partial charge in [-0.1, -0.05) is 13.8 Å². The molecule has 7 heteroatoms. The lowest BCUT2D eigenvalue weighted by Crippen LogP contribution is -2.59. The maximum atomic E-state index is 12.2. The summed E-state index contributed by atoms with van der Waals surface area (Å²) in [6.07, 6.45) is 3.81. The van der Waals surface area contributed by atoms with E-state index in [0.717, 1.165) is 16.4 Å². The van der Waals surface area contributed by atoms with E-state index in [2.05, 4.69) is 47.1 Å². The van der Waals surface area contributed by atoms with Crippen molar-refractivity contribution >= 4 is 34.6 Å². The molecule has 25 heavy (non-hydrogen) atoms. The first kappa shape index (κ1) is 22.2. The molecule has 2 amide bonds. The fourth-order valence-electron chi connectivity index (χ4n) is 2.76. The first-order chi connectivity index (χ1) is 11.6. The minimum Gasteiger partial charge on any atom is -0.444 e. The summed E-state index contributed by atoms with van der Waals surface area (Å²) < 4.78 is 12.7. The Bertz CT molecular complexity index is 498. The van der Waals surface area contributed by atoms with Gasteiger partial charge in [0, 0.05) is 13.3 Å². The Hall–Kier alpha value is -0.830. The number of nitrogens with one attached hydrogen (secondary N) is 2. The molecule has 1 aliphatic carbocycles. The first-order valence-electron chi connectivity index (χ1n) is 8.84. The average Bonchev–Trinajstić information content (AvgIpc) is 2.45. The SMILES string of the molecule is CCC(CC)O[C@@H]1C=C(I)C[C@H](NC(=O)OC(C)(C)C)C1NC(C)=O. The first-order valence-corrected chi connectivity index (χ1v) is 9.91. The second kappa shape index (κ2) is 9.75. The number of hydrogen-bond donors (Lipinski definition) is 2. The van der Waals surface area contributed by atoms with Gasteiger partial charge in [-0.15, -0.1) is 0 Å². The average molecular weight is 466 g/mol. The normalized spacial score (nSPS) is 23.8. The second-order valence-corrected chi connectivity index (χ2v) is 8.72. The Kier molecular flexibility index (Phi) is 8.67. The highest BCUT2D eigenvalue weighted by Crippen LogP contribution is 2.28. The van der Waals surface area contributed by atoms with E-state index in [1.807, 2.05) is 26.8 Å². The third-order valence-electron chi connectivity index (χ3n) is 3.88. The minimum atomic E-state index is -0.573. The van der Waals surface area contributed by atoms with Gasteiger partial charge in [-0.25, -0.2) is 4.79 Å². The van der Waals surface area contributed by atoms with E-state index in [9.17, 15) is 9.59 Å². The Morgan fingerprint density at radius 2 is 1.88 bits per heavy atom. The molecule has 0 spiro atoms. The van der Waals surface area contributed by atoms with E-state index < -0.39 is 11.7 Å². The van der Waals surface area contributed by atoms with Crippen molar-refractivity contribution in [3.63, 3.8) is 0 Å². The van der Waals surface area contributed by atoms with Crippen LogP contribution in [0.3, 0.4) is 0 Å². The Morgan fingerprint density at radius 1 is 1.28 bits per heavy atom. The number of halogens is 1. The lowest BCUT2D eigenvalue weighted by molar-refractivity contribution is -0.121. The number of hydrogen-bond acceptors (Lipinski definition) is 4. The number of carbonyl (C=O) groups is 2. The molecular formula is C18H31IN2O4. The number of ether oxygens (including phenoxy) is 2. The van der Waals surface area contributed by atoms with Gasteiger partial charge in [-0.2, -0.15) is 0 Å². The van der Waals surface area contributed by atoms with Gasteiger partial charge in [0.05, 0.1) is 24.3 Å². The zero-order valence-electron chi connectivity index (χ0n) is 16.0. The van der Waals surface area contributed by atoms with Crippen LogP contribution in [0.25, 0.3) is 0 Å². The monoisotopic (exact) mass is 466 g/mol. The van der Waals surface area contributed by atoms with Gasteiger partial charge >= 0.3 is 6.09 Å². The molecular weight excluding hydrogens is 435 g/mol. The molecule has 0 aromatic heterocycles. The van der Waals surface area contributed by atoms with Crippen LogP contribution in [0.1, 0.15) is 60.8 Å². The number of carbonyl (C=O) groups excluding carboxylic acids is 2. The molecule has 1 unspecified atom stereocenters. The summed E-state index contributed by atoms with van der Waals surface area (Å²) >= 11 is 2.25.